The minimum atomic E-state index is -4.01. The van der Waals surface area contributed by atoms with E-state index in [1.54, 1.807) is 6.07 Å². The van der Waals surface area contributed by atoms with Crippen molar-refractivity contribution in [1.29, 1.82) is 0 Å². The van der Waals surface area contributed by atoms with Crippen LogP contribution in [-0.4, -0.2) is 26.6 Å². The second-order valence-electron chi connectivity index (χ2n) is 7.62. The average molecular weight is 463 g/mol. The van der Waals surface area contributed by atoms with Crippen LogP contribution >= 0.6 is 0 Å². The van der Waals surface area contributed by atoms with Crippen molar-refractivity contribution < 1.29 is 22.3 Å². The van der Waals surface area contributed by atoms with E-state index in [0.717, 1.165) is 16.7 Å². The Kier molecular flexibility index (Phi) is 5.51. The van der Waals surface area contributed by atoms with Crippen LogP contribution in [0.1, 0.15) is 11.1 Å². The van der Waals surface area contributed by atoms with Gasteiger partial charge in [-0.05, 0) is 36.2 Å². The SMILES string of the molecule is Cc1ccccc1-c1nc(S(=O)(=O)c2ccc3c(c2)OCCO3)c(NCc2ccccc2)o1. The van der Waals surface area contributed by atoms with Gasteiger partial charge in [-0.1, -0.05) is 48.5 Å². The molecule has 3 aromatic carbocycles. The summed E-state index contributed by atoms with van der Waals surface area (Å²) in [6, 6.07) is 21.7. The van der Waals surface area contributed by atoms with E-state index in [0.29, 0.717) is 31.3 Å². The normalized spacial score (nSPS) is 13.0. The molecule has 0 radical (unpaired) electrons. The Morgan fingerprint density at radius 1 is 0.909 bits per heavy atom. The molecule has 0 aliphatic carbocycles. The monoisotopic (exact) mass is 462 g/mol. The molecule has 1 aromatic heterocycles. The third-order valence-corrected chi connectivity index (χ3v) is 7.01. The molecular formula is C25H22N2O5S. The Morgan fingerprint density at radius 3 is 2.42 bits per heavy atom. The molecule has 1 aliphatic rings. The summed E-state index contributed by atoms with van der Waals surface area (Å²) in [5.41, 5.74) is 2.63. The Labute approximate surface area is 191 Å². The van der Waals surface area contributed by atoms with E-state index >= 15 is 0 Å². The van der Waals surface area contributed by atoms with Crippen LogP contribution in [0.4, 0.5) is 5.88 Å². The molecular weight excluding hydrogens is 440 g/mol. The number of nitrogens with zero attached hydrogens (tertiary/aromatic N) is 1. The van der Waals surface area contributed by atoms with E-state index in [1.165, 1.54) is 12.1 Å². The van der Waals surface area contributed by atoms with Crippen LogP contribution in [0, 0.1) is 6.92 Å². The lowest BCUT2D eigenvalue weighted by Crippen LogP contribution is -2.16. The number of benzene rings is 3. The van der Waals surface area contributed by atoms with Gasteiger partial charge in [0.05, 0.1) is 4.90 Å². The van der Waals surface area contributed by atoms with E-state index in [2.05, 4.69) is 10.3 Å². The van der Waals surface area contributed by atoms with Gasteiger partial charge in [0.1, 0.15) is 13.2 Å². The lowest BCUT2D eigenvalue weighted by atomic mass is 10.1. The maximum atomic E-state index is 13.6. The summed E-state index contributed by atoms with van der Waals surface area (Å²) in [6.07, 6.45) is 0. The predicted molar refractivity (Wildman–Crippen MR) is 123 cm³/mol. The molecule has 2 heterocycles. The molecule has 0 spiro atoms. The zero-order valence-electron chi connectivity index (χ0n) is 17.9. The zero-order valence-corrected chi connectivity index (χ0v) is 18.8. The number of fused-ring (bicyclic) bond motifs is 1. The highest BCUT2D eigenvalue weighted by molar-refractivity contribution is 7.91. The number of nitrogens with one attached hydrogen (secondary N) is 1. The van der Waals surface area contributed by atoms with Gasteiger partial charge in [0.2, 0.25) is 26.6 Å². The van der Waals surface area contributed by atoms with Crippen molar-refractivity contribution in [2.24, 2.45) is 0 Å². The molecule has 4 aromatic rings. The van der Waals surface area contributed by atoms with Gasteiger partial charge in [-0.2, -0.15) is 4.98 Å². The average Bonchev–Trinajstić information content (AvgIpc) is 3.28. The first-order valence-electron chi connectivity index (χ1n) is 10.5. The molecule has 0 saturated carbocycles. The van der Waals surface area contributed by atoms with E-state index in [1.807, 2.05) is 61.5 Å². The third-order valence-electron chi connectivity index (χ3n) is 5.35. The molecule has 1 N–H and O–H groups in total. The third kappa shape index (κ3) is 4.17. The van der Waals surface area contributed by atoms with Gasteiger partial charge in [-0.3, -0.25) is 0 Å². The van der Waals surface area contributed by atoms with Crippen LogP contribution in [0.2, 0.25) is 0 Å². The number of rotatable bonds is 6. The molecule has 1 aliphatic heterocycles. The minimum absolute atomic E-state index is 0.0548. The molecule has 8 heteroatoms. The highest BCUT2D eigenvalue weighted by Crippen LogP contribution is 2.37. The van der Waals surface area contributed by atoms with Gasteiger partial charge in [-0.25, -0.2) is 8.42 Å². The Morgan fingerprint density at radius 2 is 1.64 bits per heavy atom. The maximum absolute atomic E-state index is 13.6. The van der Waals surface area contributed by atoms with Crippen molar-refractivity contribution >= 4 is 15.7 Å². The Hall–Kier alpha value is -3.78. The number of anilines is 1. The first-order chi connectivity index (χ1) is 16.0. The van der Waals surface area contributed by atoms with E-state index in [-0.39, 0.29) is 21.7 Å². The van der Waals surface area contributed by atoms with Crippen LogP contribution in [0.5, 0.6) is 11.5 Å². The second-order valence-corrected chi connectivity index (χ2v) is 9.48. The molecule has 168 valence electrons. The summed E-state index contributed by atoms with van der Waals surface area (Å²) in [5.74, 6) is 1.24. The van der Waals surface area contributed by atoms with Crippen molar-refractivity contribution in [3.8, 4) is 23.0 Å². The van der Waals surface area contributed by atoms with Gasteiger partial charge < -0.3 is 19.2 Å². The standard InChI is InChI=1S/C25H22N2O5S/c1-17-7-5-6-10-20(17)23-27-25(24(32-23)26-16-18-8-3-2-4-9-18)33(28,29)19-11-12-21-22(15-19)31-14-13-30-21/h2-12,15,26H,13-14,16H2,1H3. The van der Waals surface area contributed by atoms with Crippen LogP contribution in [0.15, 0.2) is 87.1 Å². The summed E-state index contributed by atoms with van der Waals surface area (Å²) >= 11 is 0. The Bertz CT molecular complexity index is 1400. The number of sulfone groups is 1. The van der Waals surface area contributed by atoms with Crippen LogP contribution in [0.3, 0.4) is 0 Å². The first-order valence-corrected chi connectivity index (χ1v) is 12.0. The largest absolute Gasteiger partial charge is 0.486 e. The number of ether oxygens (including phenoxy) is 2. The fourth-order valence-corrected chi connectivity index (χ4v) is 4.90. The predicted octanol–water partition coefficient (Wildman–Crippen LogP) is 4.87. The molecule has 0 unspecified atom stereocenters. The highest BCUT2D eigenvalue weighted by atomic mass is 32.2. The molecule has 0 amide bonds. The van der Waals surface area contributed by atoms with Crippen molar-refractivity contribution in [2.45, 2.75) is 23.4 Å². The second kappa shape index (κ2) is 8.63. The molecule has 0 bridgehead atoms. The topological polar surface area (TPSA) is 90.7 Å². The highest BCUT2D eigenvalue weighted by Gasteiger charge is 2.30. The summed E-state index contributed by atoms with van der Waals surface area (Å²) in [5, 5.41) is 2.94. The summed E-state index contributed by atoms with van der Waals surface area (Å²) in [4.78, 5) is 4.48. The van der Waals surface area contributed by atoms with E-state index in [9.17, 15) is 8.42 Å². The molecule has 0 fully saturated rings. The van der Waals surface area contributed by atoms with Gasteiger partial charge in [0.15, 0.2) is 11.5 Å². The molecule has 0 atom stereocenters. The van der Waals surface area contributed by atoms with Crippen molar-refractivity contribution in [3.05, 3.63) is 83.9 Å². The van der Waals surface area contributed by atoms with Crippen molar-refractivity contribution in [2.75, 3.05) is 18.5 Å². The zero-order chi connectivity index (χ0) is 22.8. The smallest absolute Gasteiger partial charge is 0.234 e. The molecule has 33 heavy (non-hydrogen) atoms. The van der Waals surface area contributed by atoms with Crippen molar-refractivity contribution in [1.82, 2.24) is 4.98 Å². The van der Waals surface area contributed by atoms with Gasteiger partial charge in [0, 0.05) is 18.2 Å². The fraction of sp³-hybridized carbons (Fsp3) is 0.160. The van der Waals surface area contributed by atoms with E-state index in [4.69, 9.17) is 13.9 Å². The quantitative estimate of drug-likeness (QED) is 0.437. The van der Waals surface area contributed by atoms with Gasteiger partial charge in [0.25, 0.3) is 0 Å². The maximum Gasteiger partial charge on any atom is 0.234 e. The summed E-state index contributed by atoms with van der Waals surface area (Å²) in [6.45, 7) is 3.09. The van der Waals surface area contributed by atoms with Crippen molar-refractivity contribution in [3.63, 3.8) is 0 Å². The minimum Gasteiger partial charge on any atom is -0.486 e. The molecule has 7 nitrogen and oxygen atoms in total. The van der Waals surface area contributed by atoms with Gasteiger partial charge in [-0.15, -0.1) is 0 Å². The Balaban J connectivity index is 1.57. The molecule has 5 rings (SSSR count). The number of oxazole rings is 1. The summed E-state index contributed by atoms with van der Waals surface area (Å²) < 4.78 is 44.3. The van der Waals surface area contributed by atoms with Crippen LogP contribution in [-0.2, 0) is 16.4 Å². The first kappa shape index (κ1) is 21.1. The number of hydrogen-bond donors (Lipinski definition) is 1. The lowest BCUT2D eigenvalue weighted by molar-refractivity contribution is 0.171. The number of hydrogen-bond acceptors (Lipinski definition) is 7. The molecule has 0 saturated heterocycles. The van der Waals surface area contributed by atoms with E-state index < -0.39 is 9.84 Å². The summed E-state index contributed by atoms with van der Waals surface area (Å²) in [7, 11) is -4.01. The number of aryl methyl sites for hydroxylation is 1. The fourth-order valence-electron chi connectivity index (χ4n) is 3.61. The van der Waals surface area contributed by atoms with Crippen LogP contribution < -0.4 is 14.8 Å². The van der Waals surface area contributed by atoms with Crippen LogP contribution in [0.25, 0.3) is 11.5 Å². The lowest BCUT2D eigenvalue weighted by Gasteiger charge is -2.18. The van der Waals surface area contributed by atoms with Gasteiger partial charge >= 0.3 is 0 Å². The number of aromatic nitrogens is 1.